The van der Waals surface area contributed by atoms with E-state index in [1.807, 2.05) is 48.5 Å². The van der Waals surface area contributed by atoms with Crippen molar-refractivity contribution in [1.29, 1.82) is 0 Å². The Morgan fingerprint density at radius 2 is 1.62 bits per heavy atom. The Labute approximate surface area is 145 Å². The quantitative estimate of drug-likeness (QED) is 0.851. The Morgan fingerprint density at radius 1 is 1.04 bits per heavy atom. The molecule has 0 aliphatic carbocycles. The standard InChI is InChI=1S/C21H27NO2/c1-6-19(15-9-13-18(24-5)14-10-15)22-20(23)16-7-11-17(12-8-16)21(2,3)4/h7-14,19H,6H2,1-5H3,(H,22,23)/t19-/m1/s1. The van der Waals surface area contributed by atoms with Gasteiger partial charge >= 0.3 is 0 Å². The van der Waals surface area contributed by atoms with Gasteiger partial charge in [-0.3, -0.25) is 4.79 Å². The molecule has 0 spiro atoms. The molecule has 0 saturated carbocycles. The fourth-order valence-electron chi connectivity index (χ4n) is 2.62. The summed E-state index contributed by atoms with van der Waals surface area (Å²) in [5.74, 6) is 0.774. The minimum atomic E-state index is -0.0434. The monoisotopic (exact) mass is 325 g/mol. The van der Waals surface area contributed by atoms with Gasteiger partial charge in [-0.15, -0.1) is 0 Å². The van der Waals surface area contributed by atoms with E-state index in [2.05, 4.69) is 33.0 Å². The summed E-state index contributed by atoms with van der Waals surface area (Å²) in [7, 11) is 1.65. The highest BCUT2D eigenvalue weighted by molar-refractivity contribution is 5.94. The van der Waals surface area contributed by atoms with E-state index in [0.717, 1.165) is 17.7 Å². The second-order valence-electron chi connectivity index (χ2n) is 7.03. The lowest BCUT2D eigenvalue weighted by atomic mass is 9.86. The maximum Gasteiger partial charge on any atom is 0.251 e. The van der Waals surface area contributed by atoms with E-state index in [0.29, 0.717) is 5.56 Å². The average molecular weight is 325 g/mol. The van der Waals surface area contributed by atoms with E-state index < -0.39 is 0 Å². The number of methoxy groups -OCH3 is 1. The molecule has 0 aliphatic rings. The number of carbonyl (C=O) groups is 1. The van der Waals surface area contributed by atoms with Gasteiger partial charge in [0.15, 0.2) is 0 Å². The summed E-state index contributed by atoms with van der Waals surface area (Å²) in [6.07, 6.45) is 0.831. The third kappa shape index (κ3) is 4.38. The first-order valence-electron chi connectivity index (χ1n) is 8.40. The lowest BCUT2D eigenvalue weighted by Gasteiger charge is -2.20. The van der Waals surface area contributed by atoms with Gasteiger partial charge in [-0.1, -0.05) is 52.0 Å². The van der Waals surface area contributed by atoms with Crippen LogP contribution in [0.4, 0.5) is 0 Å². The summed E-state index contributed by atoms with van der Waals surface area (Å²) in [5.41, 5.74) is 3.08. The van der Waals surface area contributed by atoms with Crippen LogP contribution >= 0.6 is 0 Å². The second-order valence-corrected chi connectivity index (χ2v) is 7.03. The number of nitrogens with one attached hydrogen (secondary N) is 1. The highest BCUT2D eigenvalue weighted by atomic mass is 16.5. The predicted molar refractivity (Wildman–Crippen MR) is 98.6 cm³/mol. The SMILES string of the molecule is CC[C@@H](NC(=O)c1ccc(C(C)(C)C)cc1)c1ccc(OC)cc1. The predicted octanol–water partition coefficient (Wildman–Crippen LogP) is 4.87. The molecule has 1 amide bonds. The van der Waals surface area contributed by atoms with Gasteiger partial charge in [0, 0.05) is 5.56 Å². The van der Waals surface area contributed by atoms with Gasteiger partial charge in [0.05, 0.1) is 13.2 Å². The largest absolute Gasteiger partial charge is 0.497 e. The van der Waals surface area contributed by atoms with E-state index in [4.69, 9.17) is 4.74 Å². The number of rotatable bonds is 5. The molecule has 2 aromatic rings. The van der Waals surface area contributed by atoms with Gasteiger partial charge in [-0.2, -0.15) is 0 Å². The van der Waals surface area contributed by atoms with Crippen LogP contribution in [-0.2, 0) is 5.41 Å². The summed E-state index contributed by atoms with van der Waals surface area (Å²) < 4.78 is 5.18. The maximum absolute atomic E-state index is 12.5. The molecule has 2 rings (SSSR count). The summed E-state index contributed by atoms with van der Waals surface area (Å²) in [4.78, 5) is 12.5. The van der Waals surface area contributed by atoms with E-state index in [1.165, 1.54) is 5.56 Å². The van der Waals surface area contributed by atoms with Crippen LogP contribution in [0.1, 0.15) is 61.6 Å². The van der Waals surface area contributed by atoms with Crippen molar-refractivity contribution in [2.45, 2.75) is 45.6 Å². The van der Waals surface area contributed by atoms with Crippen molar-refractivity contribution in [2.75, 3.05) is 7.11 Å². The van der Waals surface area contributed by atoms with Crippen molar-refractivity contribution < 1.29 is 9.53 Å². The molecule has 0 bridgehead atoms. The molecule has 1 atom stereocenters. The van der Waals surface area contributed by atoms with Crippen molar-refractivity contribution in [3.05, 3.63) is 65.2 Å². The lowest BCUT2D eigenvalue weighted by Crippen LogP contribution is -2.28. The zero-order chi connectivity index (χ0) is 17.7. The minimum Gasteiger partial charge on any atom is -0.497 e. The Kier molecular flexibility index (Phi) is 5.66. The van der Waals surface area contributed by atoms with Crippen LogP contribution < -0.4 is 10.1 Å². The number of benzene rings is 2. The summed E-state index contributed by atoms with van der Waals surface area (Å²) in [6.45, 7) is 8.56. The molecule has 0 fully saturated rings. The van der Waals surface area contributed by atoms with E-state index in [1.54, 1.807) is 7.11 Å². The molecule has 0 unspecified atom stereocenters. The molecular formula is C21H27NO2. The van der Waals surface area contributed by atoms with Crippen molar-refractivity contribution in [2.24, 2.45) is 0 Å². The summed E-state index contributed by atoms with van der Waals surface area (Å²) in [5, 5.41) is 3.12. The van der Waals surface area contributed by atoms with Crippen LogP contribution in [0.5, 0.6) is 5.75 Å². The molecule has 0 saturated heterocycles. The highest BCUT2D eigenvalue weighted by Crippen LogP contribution is 2.23. The fourth-order valence-corrected chi connectivity index (χ4v) is 2.62. The topological polar surface area (TPSA) is 38.3 Å². The van der Waals surface area contributed by atoms with E-state index in [-0.39, 0.29) is 17.4 Å². The Hall–Kier alpha value is -2.29. The second kappa shape index (κ2) is 7.52. The lowest BCUT2D eigenvalue weighted by molar-refractivity contribution is 0.0935. The van der Waals surface area contributed by atoms with E-state index in [9.17, 15) is 4.79 Å². The third-order valence-electron chi connectivity index (χ3n) is 4.24. The van der Waals surface area contributed by atoms with Gasteiger partial charge < -0.3 is 10.1 Å². The minimum absolute atomic E-state index is 0.00861. The van der Waals surface area contributed by atoms with Gasteiger partial charge in [-0.05, 0) is 47.2 Å². The van der Waals surface area contributed by atoms with Crippen LogP contribution in [0, 0.1) is 0 Å². The average Bonchev–Trinajstić information content (AvgIpc) is 2.59. The molecule has 0 heterocycles. The number of amides is 1. The molecule has 0 aliphatic heterocycles. The first-order valence-corrected chi connectivity index (χ1v) is 8.40. The molecule has 1 N–H and O–H groups in total. The maximum atomic E-state index is 12.5. The van der Waals surface area contributed by atoms with Crippen LogP contribution in [0.2, 0.25) is 0 Å². The van der Waals surface area contributed by atoms with Crippen LogP contribution in [0.3, 0.4) is 0 Å². The zero-order valence-electron chi connectivity index (χ0n) is 15.2. The Bertz CT molecular complexity index is 666. The fraction of sp³-hybridized carbons (Fsp3) is 0.381. The summed E-state index contributed by atoms with van der Waals surface area (Å²) >= 11 is 0. The highest BCUT2D eigenvalue weighted by Gasteiger charge is 2.16. The molecule has 128 valence electrons. The van der Waals surface area contributed by atoms with Crippen molar-refractivity contribution in [3.63, 3.8) is 0 Å². The molecule has 0 radical (unpaired) electrons. The molecule has 2 aromatic carbocycles. The van der Waals surface area contributed by atoms with Gasteiger partial charge in [0.1, 0.15) is 5.75 Å². The Balaban J connectivity index is 2.11. The van der Waals surface area contributed by atoms with Crippen LogP contribution in [-0.4, -0.2) is 13.0 Å². The molecular weight excluding hydrogens is 298 g/mol. The third-order valence-corrected chi connectivity index (χ3v) is 4.24. The van der Waals surface area contributed by atoms with Crippen LogP contribution in [0.25, 0.3) is 0 Å². The van der Waals surface area contributed by atoms with Crippen LogP contribution in [0.15, 0.2) is 48.5 Å². The molecule has 24 heavy (non-hydrogen) atoms. The first kappa shape index (κ1) is 18.1. The van der Waals surface area contributed by atoms with Gasteiger partial charge in [-0.25, -0.2) is 0 Å². The van der Waals surface area contributed by atoms with Crippen molar-refractivity contribution >= 4 is 5.91 Å². The summed E-state index contributed by atoms with van der Waals surface area (Å²) in [6, 6.07) is 15.7. The molecule has 0 aromatic heterocycles. The van der Waals surface area contributed by atoms with E-state index >= 15 is 0 Å². The molecule has 3 heteroatoms. The molecule has 3 nitrogen and oxygen atoms in total. The number of hydrogen-bond acceptors (Lipinski definition) is 2. The number of carbonyl (C=O) groups excluding carboxylic acids is 1. The first-order chi connectivity index (χ1) is 11.3. The van der Waals surface area contributed by atoms with Crippen molar-refractivity contribution in [3.8, 4) is 5.75 Å². The Morgan fingerprint density at radius 3 is 2.08 bits per heavy atom. The smallest absolute Gasteiger partial charge is 0.251 e. The number of hydrogen-bond donors (Lipinski definition) is 1. The zero-order valence-corrected chi connectivity index (χ0v) is 15.2. The normalized spacial score (nSPS) is 12.5. The van der Waals surface area contributed by atoms with Crippen molar-refractivity contribution in [1.82, 2.24) is 5.32 Å². The van der Waals surface area contributed by atoms with Gasteiger partial charge in [0.2, 0.25) is 0 Å². The number of ether oxygens (including phenoxy) is 1. The van der Waals surface area contributed by atoms with Gasteiger partial charge in [0.25, 0.3) is 5.91 Å².